The van der Waals surface area contributed by atoms with Crippen molar-refractivity contribution < 1.29 is 0 Å². The molecule has 2 rings (SSSR count). The molecule has 4 nitrogen and oxygen atoms in total. The fraction of sp³-hybridized carbons (Fsp3) is 0.800. The monoisotopic (exact) mass is 226 g/mol. The van der Waals surface area contributed by atoms with Crippen molar-refractivity contribution in [3.8, 4) is 0 Å². The van der Waals surface area contributed by atoms with E-state index in [2.05, 4.69) is 28.3 Å². The van der Waals surface area contributed by atoms with Gasteiger partial charge in [0.15, 0.2) is 0 Å². The third-order valence-electron chi connectivity index (χ3n) is 3.12. The lowest BCUT2D eigenvalue weighted by Gasteiger charge is -2.26. The molecular formula is C10H18N4S. The molecule has 1 atom stereocenters. The van der Waals surface area contributed by atoms with E-state index in [1.54, 1.807) is 0 Å². The third kappa shape index (κ3) is 2.29. The molecule has 1 aromatic heterocycles. The van der Waals surface area contributed by atoms with Crippen LogP contribution in [0.25, 0.3) is 0 Å². The lowest BCUT2D eigenvalue weighted by Crippen LogP contribution is -2.33. The second-order valence-electron chi connectivity index (χ2n) is 4.51. The van der Waals surface area contributed by atoms with Crippen LogP contribution in [-0.2, 0) is 6.54 Å². The van der Waals surface area contributed by atoms with E-state index in [1.807, 2.05) is 0 Å². The predicted octanol–water partition coefficient (Wildman–Crippen LogP) is 1.74. The molecular weight excluding hydrogens is 208 g/mol. The van der Waals surface area contributed by atoms with Gasteiger partial charge in [0.2, 0.25) is 0 Å². The Morgan fingerprint density at radius 1 is 1.60 bits per heavy atom. The Hall–Kier alpha value is -0.680. The maximum atomic E-state index is 5.81. The predicted molar refractivity (Wildman–Crippen MR) is 62.6 cm³/mol. The number of nitrogens with two attached hydrogens (primary N) is 1. The molecule has 2 N–H and O–H groups in total. The summed E-state index contributed by atoms with van der Waals surface area (Å²) in [7, 11) is 0. The van der Waals surface area contributed by atoms with Gasteiger partial charge in [-0.2, -0.15) is 0 Å². The minimum absolute atomic E-state index is 0.686. The van der Waals surface area contributed by atoms with E-state index < -0.39 is 0 Å². The van der Waals surface area contributed by atoms with Crippen LogP contribution in [-0.4, -0.2) is 27.1 Å². The summed E-state index contributed by atoms with van der Waals surface area (Å²) in [5, 5.41) is 4.84. The Kier molecular flexibility index (Phi) is 3.21. The summed E-state index contributed by atoms with van der Waals surface area (Å²) in [5.41, 5.74) is 6.76. The van der Waals surface area contributed by atoms with Crippen LogP contribution in [0.3, 0.4) is 0 Å². The van der Waals surface area contributed by atoms with Crippen LogP contribution >= 0.6 is 11.5 Å². The largest absolute Gasteiger partial charge is 0.388 e. The summed E-state index contributed by atoms with van der Waals surface area (Å²) in [5.74, 6) is 0.709. The Morgan fingerprint density at radius 2 is 2.40 bits per heavy atom. The van der Waals surface area contributed by atoms with Gasteiger partial charge in [0, 0.05) is 24.1 Å². The van der Waals surface area contributed by atoms with Gasteiger partial charge in [-0.05, 0) is 25.3 Å². The zero-order valence-electron chi connectivity index (χ0n) is 9.31. The van der Waals surface area contributed by atoms with E-state index in [-0.39, 0.29) is 0 Å². The van der Waals surface area contributed by atoms with E-state index in [0.717, 1.165) is 17.2 Å². The first kappa shape index (κ1) is 10.8. The van der Waals surface area contributed by atoms with Gasteiger partial charge in [-0.1, -0.05) is 18.3 Å². The van der Waals surface area contributed by atoms with E-state index in [0.29, 0.717) is 12.0 Å². The minimum Gasteiger partial charge on any atom is -0.388 e. The van der Waals surface area contributed by atoms with E-state index in [4.69, 9.17) is 5.73 Å². The summed E-state index contributed by atoms with van der Waals surface area (Å²) >= 11 is 1.29. The summed E-state index contributed by atoms with van der Waals surface area (Å²) in [4.78, 5) is 2.48. The van der Waals surface area contributed by atoms with E-state index >= 15 is 0 Å². The molecule has 0 bridgehead atoms. The minimum atomic E-state index is 0.686. The summed E-state index contributed by atoms with van der Waals surface area (Å²) in [6.07, 6.45) is 2.59. The standard InChI is InChI=1S/C10H18N4S/c1-7(2)9-4-3-5-14(9)6-8-10(11)15-13-12-8/h7,9H,3-6,11H2,1-2H3. The van der Waals surface area contributed by atoms with Gasteiger partial charge < -0.3 is 5.73 Å². The number of nitrogen functional groups attached to an aromatic ring is 1. The molecule has 15 heavy (non-hydrogen) atoms. The lowest BCUT2D eigenvalue weighted by atomic mass is 10.0. The second-order valence-corrected chi connectivity index (χ2v) is 5.29. The number of hydrogen-bond donors (Lipinski definition) is 1. The smallest absolute Gasteiger partial charge is 0.132 e. The molecule has 0 aliphatic carbocycles. The average molecular weight is 226 g/mol. The van der Waals surface area contributed by atoms with Gasteiger partial charge in [-0.15, -0.1) is 5.10 Å². The highest BCUT2D eigenvalue weighted by molar-refractivity contribution is 7.09. The van der Waals surface area contributed by atoms with Crippen molar-refractivity contribution in [2.45, 2.75) is 39.3 Å². The van der Waals surface area contributed by atoms with Gasteiger partial charge >= 0.3 is 0 Å². The summed E-state index contributed by atoms with van der Waals surface area (Å²) in [6.45, 7) is 6.60. The molecule has 2 heterocycles. The fourth-order valence-corrected chi connectivity index (χ4v) is 2.76. The fourth-order valence-electron chi connectivity index (χ4n) is 2.32. The molecule has 1 unspecified atom stereocenters. The first-order valence-corrected chi connectivity index (χ1v) is 6.26. The van der Waals surface area contributed by atoms with E-state index in [1.165, 1.54) is 30.9 Å². The van der Waals surface area contributed by atoms with Crippen molar-refractivity contribution in [3.63, 3.8) is 0 Å². The van der Waals surface area contributed by atoms with Crippen LogP contribution in [0, 0.1) is 5.92 Å². The van der Waals surface area contributed by atoms with Crippen LogP contribution < -0.4 is 5.73 Å². The molecule has 84 valence electrons. The number of hydrogen-bond acceptors (Lipinski definition) is 5. The van der Waals surface area contributed by atoms with Gasteiger partial charge in [0.05, 0.1) is 0 Å². The summed E-state index contributed by atoms with van der Waals surface area (Å²) in [6, 6.07) is 0.686. The Morgan fingerprint density at radius 3 is 3.00 bits per heavy atom. The molecule has 1 aliphatic heterocycles. The highest BCUT2D eigenvalue weighted by Gasteiger charge is 2.27. The van der Waals surface area contributed by atoms with Crippen LogP contribution in [0.1, 0.15) is 32.4 Å². The Balaban J connectivity index is 2.02. The molecule has 0 saturated carbocycles. The van der Waals surface area contributed by atoms with Gasteiger partial charge in [0.25, 0.3) is 0 Å². The van der Waals surface area contributed by atoms with Crippen molar-refractivity contribution in [1.82, 2.24) is 14.5 Å². The van der Waals surface area contributed by atoms with Crippen LogP contribution in [0.15, 0.2) is 0 Å². The quantitative estimate of drug-likeness (QED) is 0.853. The van der Waals surface area contributed by atoms with Gasteiger partial charge in [-0.25, -0.2) is 0 Å². The Labute approximate surface area is 94.6 Å². The molecule has 5 heteroatoms. The lowest BCUT2D eigenvalue weighted by molar-refractivity contribution is 0.197. The maximum absolute atomic E-state index is 5.81. The molecule has 0 spiro atoms. The molecule has 0 radical (unpaired) electrons. The molecule has 1 saturated heterocycles. The number of likely N-dealkylation sites (tertiary alicyclic amines) is 1. The number of aromatic nitrogens is 2. The van der Waals surface area contributed by atoms with Crippen molar-refractivity contribution >= 4 is 16.5 Å². The van der Waals surface area contributed by atoms with Crippen molar-refractivity contribution in [1.29, 1.82) is 0 Å². The molecule has 1 aromatic rings. The highest BCUT2D eigenvalue weighted by Crippen LogP contribution is 2.26. The second kappa shape index (κ2) is 4.45. The molecule has 0 aromatic carbocycles. The zero-order valence-corrected chi connectivity index (χ0v) is 10.1. The molecule has 1 fully saturated rings. The summed E-state index contributed by atoms with van der Waals surface area (Å²) < 4.78 is 3.87. The topological polar surface area (TPSA) is 55.0 Å². The number of anilines is 1. The SMILES string of the molecule is CC(C)C1CCCN1Cc1nnsc1N. The maximum Gasteiger partial charge on any atom is 0.132 e. The molecule has 1 aliphatic rings. The molecule has 0 amide bonds. The van der Waals surface area contributed by atoms with Crippen molar-refractivity contribution in [2.24, 2.45) is 5.92 Å². The van der Waals surface area contributed by atoms with Crippen LogP contribution in [0.2, 0.25) is 0 Å². The Bertz CT molecular complexity index is 323. The number of nitrogens with zero attached hydrogens (tertiary/aromatic N) is 3. The first-order chi connectivity index (χ1) is 7.18. The van der Waals surface area contributed by atoms with Crippen molar-refractivity contribution in [2.75, 3.05) is 12.3 Å². The van der Waals surface area contributed by atoms with Crippen LogP contribution in [0.5, 0.6) is 0 Å². The average Bonchev–Trinajstić information content (AvgIpc) is 2.77. The highest BCUT2D eigenvalue weighted by atomic mass is 32.1. The zero-order chi connectivity index (χ0) is 10.8. The third-order valence-corrected chi connectivity index (χ3v) is 3.72. The number of rotatable bonds is 3. The first-order valence-electron chi connectivity index (χ1n) is 5.49. The van der Waals surface area contributed by atoms with E-state index in [9.17, 15) is 0 Å². The van der Waals surface area contributed by atoms with Crippen LogP contribution in [0.4, 0.5) is 5.00 Å². The van der Waals surface area contributed by atoms with Gasteiger partial charge in [-0.3, -0.25) is 4.90 Å². The van der Waals surface area contributed by atoms with Gasteiger partial charge in [0.1, 0.15) is 10.7 Å². The normalized spacial score (nSPS) is 22.7. The van der Waals surface area contributed by atoms with Crippen molar-refractivity contribution in [3.05, 3.63) is 5.69 Å².